The van der Waals surface area contributed by atoms with Crippen LogP contribution in [-0.2, 0) is 4.74 Å². The quantitative estimate of drug-likeness (QED) is 0.380. The van der Waals surface area contributed by atoms with Gasteiger partial charge >= 0.3 is 0 Å². The maximum Gasteiger partial charge on any atom is 0.191 e. The average Bonchev–Trinajstić information content (AvgIpc) is 2.43. The van der Waals surface area contributed by atoms with Gasteiger partial charge in [0.15, 0.2) is 5.96 Å². The highest BCUT2D eigenvalue weighted by molar-refractivity contribution is 14.0. The molecule has 1 aliphatic heterocycles. The van der Waals surface area contributed by atoms with Gasteiger partial charge in [0.1, 0.15) is 0 Å². The fourth-order valence-corrected chi connectivity index (χ4v) is 2.18. The Hall–Kier alpha value is -0.0800. The van der Waals surface area contributed by atoms with Crippen molar-refractivity contribution in [3.05, 3.63) is 0 Å². The molecule has 0 amide bonds. The molecule has 0 spiro atoms. The summed E-state index contributed by atoms with van der Waals surface area (Å²) in [5.41, 5.74) is 0. The van der Waals surface area contributed by atoms with E-state index in [0.29, 0.717) is 11.8 Å². The van der Waals surface area contributed by atoms with Crippen LogP contribution in [0.4, 0.5) is 0 Å². The van der Waals surface area contributed by atoms with Crippen LogP contribution in [0.5, 0.6) is 0 Å². The molecule has 0 radical (unpaired) electrons. The Bertz CT molecular complexity index is 281. The highest BCUT2D eigenvalue weighted by Gasteiger charge is 2.13. The van der Waals surface area contributed by atoms with E-state index in [-0.39, 0.29) is 24.0 Å². The summed E-state index contributed by atoms with van der Waals surface area (Å²) >= 11 is 0. The van der Waals surface area contributed by atoms with Gasteiger partial charge in [0.05, 0.1) is 13.2 Å². The van der Waals surface area contributed by atoms with E-state index in [0.717, 1.165) is 58.4 Å². The summed E-state index contributed by atoms with van der Waals surface area (Å²) in [5.74, 6) is 2.14. The molecule has 2 N–H and O–H groups in total. The summed E-state index contributed by atoms with van der Waals surface area (Å²) < 4.78 is 5.38. The van der Waals surface area contributed by atoms with Crippen LogP contribution < -0.4 is 10.6 Å². The van der Waals surface area contributed by atoms with Gasteiger partial charge in [-0.1, -0.05) is 20.8 Å². The van der Waals surface area contributed by atoms with Gasteiger partial charge in [0.25, 0.3) is 0 Å². The Balaban J connectivity index is 0.00000400. The monoisotopic (exact) mass is 412 g/mol. The second-order valence-electron chi connectivity index (χ2n) is 6.01. The van der Waals surface area contributed by atoms with E-state index >= 15 is 0 Å². The molecule has 1 heterocycles. The van der Waals surface area contributed by atoms with E-state index in [2.05, 4.69) is 48.2 Å². The minimum atomic E-state index is 0. The smallest absolute Gasteiger partial charge is 0.191 e. The van der Waals surface area contributed by atoms with Gasteiger partial charge < -0.3 is 15.4 Å². The molecule has 5 nitrogen and oxygen atoms in total. The molecule has 1 aliphatic rings. The molecule has 126 valence electrons. The molecule has 0 aromatic heterocycles. The summed E-state index contributed by atoms with van der Waals surface area (Å²) in [6, 6.07) is 0. The van der Waals surface area contributed by atoms with Gasteiger partial charge in [-0.3, -0.25) is 9.89 Å². The van der Waals surface area contributed by atoms with Gasteiger partial charge in [0.2, 0.25) is 0 Å². The topological polar surface area (TPSA) is 48.9 Å². The van der Waals surface area contributed by atoms with E-state index in [9.17, 15) is 0 Å². The molecular weight excluding hydrogens is 379 g/mol. The number of rotatable bonds is 7. The minimum absolute atomic E-state index is 0. The predicted octanol–water partition coefficient (Wildman–Crippen LogP) is 1.78. The molecule has 1 atom stereocenters. The second kappa shape index (κ2) is 12.5. The molecule has 1 unspecified atom stereocenters. The summed E-state index contributed by atoms with van der Waals surface area (Å²) in [6.07, 6.45) is 0. The molecule has 0 aromatic carbocycles. The van der Waals surface area contributed by atoms with Crippen LogP contribution in [0.1, 0.15) is 27.7 Å². The highest BCUT2D eigenvalue weighted by Crippen LogP contribution is 2.02. The molecule has 6 heteroatoms. The Morgan fingerprint density at radius 2 is 1.86 bits per heavy atom. The van der Waals surface area contributed by atoms with Crippen molar-refractivity contribution in [1.82, 2.24) is 15.5 Å². The third kappa shape index (κ3) is 10.3. The molecule has 0 bridgehead atoms. The zero-order chi connectivity index (χ0) is 14.8. The third-order valence-corrected chi connectivity index (χ3v) is 3.25. The van der Waals surface area contributed by atoms with Gasteiger partial charge in [0, 0.05) is 39.3 Å². The minimum Gasteiger partial charge on any atom is -0.379 e. The van der Waals surface area contributed by atoms with Crippen LogP contribution in [0.3, 0.4) is 0 Å². The number of morpholine rings is 1. The van der Waals surface area contributed by atoms with Crippen molar-refractivity contribution in [2.24, 2.45) is 16.8 Å². The first-order chi connectivity index (χ1) is 9.61. The van der Waals surface area contributed by atoms with Crippen molar-refractivity contribution >= 4 is 29.9 Å². The first-order valence-electron chi connectivity index (χ1n) is 7.94. The van der Waals surface area contributed by atoms with Crippen LogP contribution in [-0.4, -0.2) is 63.3 Å². The van der Waals surface area contributed by atoms with Gasteiger partial charge in [-0.2, -0.15) is 0 Å². The maximum absolute atomic E-state index is 5.38. The number of halogens is 1. The van der Waals surface area contributed by atoms with Gasteiger partial charge in [-0.05, 0) is 18.8 Å². The number of ether oxygens (including phenoxy) is 1. The first-order valence-corrected chi connectivity index (χ1v) is 7.94. The Labute approximate surface area is 147 Å². The summed E-state index contributed by atoms with van der Waals surface area (Å²) in [7, 11) is 0. The lowest BCUT2D eigenvalue weighted by molar-refractivity contribution is 0.0320. The predicted molar refractivity (Wildman–Crippen MR) is 101 cm³/mol. The average molecular weight is 412 g/mol. The molecular formula is C15H33IN4O. The molecule has 0 aliphatic carbocycles. The molecule has 1 fully saturated rings. The van der Waals surface area contributed by atoms with Gasteiger partial charge in [-0.25, -0.2) is 0 Å². The molecule has 0 aromatic rings. The summed E-state index contributed by atoms with van der Waals surface area (Å²) in [4.78, 5) is 7.07. The largest absolute Gasteiger partial charge is 0.379 e. The number of hydrogen-bond donors (Lipinski definition) is 2. The second-order valence-corrected chi connectivity index (χ2v) is 6.01. The van der Waals surface area contributed by atoms with Gasteiger partial charge in [-0.15, -0.1) is 24.0 Å². The Morgan fingerprint density at radius 1 is 1.19 bits per heavy atom. The van der Waals surface area contributed by atoms with Crippen LogP contribution in [0.2, 0.25) is 0 Å². The lowest BCUT2D eigenvalue weighted by Gasteiger charge is -2.29. The third-order valence-electron chi connectivity index (χ3n) is 3.25. The SMILES string of the molecule is CCNC(=NCC(C)C)NCC(C)CN1CCOCC1.I. The zero-order valence-electron chi connectivity index (χ0n) is 14.0. The fourth-order valence-electron chi connectivity index (χ4n) is 2.18. The van der Waals surface area contributed by atoms with Crippen LogP contribution in [0.15, 0.2) is 4.99 Å². The number of nitrogens with zero attached hydrogens (tertiary/aromatic N) is 2. The van der Waals surface area contributed by atoms with Crippen LogP contribution in [0, 0.1) is 11.8 Å². The first kappa shape index (κ1) is 20.9. The molecule has 21 heavy (non-hydrogen) atoms. The number of guanidine groups is 1. The van der Waals surface area contributed by atoms with Crippen molar-refractivity contribution < 1.29 is 4.74 Å². The van der Waals surface area contributed by atoms with Crippen molar-refractivity contribution in [3.8, 4) is 0 Å². The standard InChI is InChI=1S/C15H32N4O.HI/c1-5-16-15(17-10-13(2)3)18-11-14(4)12-19-6-8-20-9-7-19;/h13-14H,5-12H2,1-4H3,(H2,16,17,18);1H. The molecule has 1 saturated heterocycles. The van der Waals surface area contributed by atoms with Crippen molar-refractivity contribution in [3.63, 3.8) is 0 Å². The molecule has 1 rings (SSSR count). The Kier molecular flexibility index (Phi) is 12.4. The Morgan fingerprint density at radius 3 is 2.43 bits per heavy atom. The van der Waals surface area contributed by atoms with Crippen molar-refractivity contribution in [2.45, 2.75) is 27.7 Å². The lowest BCUT2D eigenvalue weighted by Crippen LogP contribution is -2.44. The van der Waals surface area contributed by atoms with Crippen molar-refractivity contribution in [2.75, 3.05) is 52.5 Å². The summed E-state index contributed by atoms with van der Waals surface area (Å²) in [5, 5.41) is 6.75. The molecule has 0 saturated carbocycles. The zero-order valence-corrected chi connectivity index (χ0v) is 16.4. The van der Waals surface area contributed by atoms with Crippen LogP contribution >= 0.6 is 24.0 Å². The van der Waals surface area contributed by atoms with E-state index in [4.69, 9.17) is 4.74 Å². The van der Waals surface area contributed by atoms with E-state index in [1.54, 1.807) is 0 Å². The van der Waals surface area contributed by atoms with E-state index in [1.807, 2.05) is 0 Å². The highest BCUT2D eigenvalue weighted by atomic mass is 127. The summed E-state index contributed by atoms with van der Waals surface area (Å²) in [6.45, 7) is 16.5. The van der Waals surface area contributed by atoms with Crippen molar-refractivity contribution in [1.29, 1.82) is 0 Å². The number of hydrogen-bond acceptors (Lipinski definition) is 3. The van der Waals surface area contributed by atoms with Crippen LogP contribution in [0.25, 0.3) is 0 Å². The lowest BCUT2D eigenvalue weighted by atomic mass is 10.1. The number of nitrogens with one attached hydrogen (secondary N) is 2. The number of aliphatic imine (C=N–C) groups is 1. The van der Waals surface area contributed by atoms with E-state index < -0.39 is 0 Å². The maximum atomic E-state index is 5.38. The fraction of sp³-hybridized carbons (Fsp3) is 0.933. The van der Waals surface area contributed by atoms with E-state index in [1.165, 1.54) is 0 Å². The normalized spacial score (nSPS) is 18.2.